The van der Waals surface area contributed by atoms with Crippen molar-refractivity contribution in [2.75, 3.05) is 19.0 Å². The van der Waals surface area contributed by atoms with Gasteiger partial charge in [-0.3, -0.25) is 9.78 Å². The number of aliphatic carboxylic acids is 1. The Morgan fingerprint density at radius 1 is 1.33 bits per heavy atom. The topological polar surface area (TPSA) is 88.5 Å². The van der Waals surface area contributed by atoms with Crippen LogP contribution in [0.1, 0.15) is 21.5 Å². The average Bonchev–Trinajstić information content (AvgIpc) is 2.59. The number of anilines is 1. The third-order valence-corrected chi connectivity index (χ3v) is 3.25. The number of pyridine rings is 1. The van der Waals surface area contributed by atoms with Crippen molar-refractivity contribution < 1.29 is 19.4 Å². The van der Waals surface area contributed by atoms with Gasteiger partial charge in [0.25, 0.3) is 0 Å². The highest BCUT2D eigenvalue weighted by Crippen LogP contribution is 2.19. The van der Waals surface area contributed by atoms with Crippen LogP contribution >= 0.6 is 0 Å². The zero-order valence-corrected chi connectivity index (χ0v) is 13.2. The molecule has 1 aromatic heterocycles. The van der Waals surface area contributed by atoms with Crippen molar-refractivity contribution in [3.05, 3.63) is 65.5 Å². The number of benzene rings is 1. The molecule has 6 heteroatoms. The van der Waals surface area contributed by atoms with Crippen LogP contribution in [-0.4, -0.2) is 35.6 Å². The number of Topliss-reactive ketones (excluding diaryl/α,β-unsaturated/α-hetero) is 1. The zero-order valence-electron chi connectivity index (χ0n) is 13.2. The summed E-state index contributed by atoms with van der Waals surface area (Å²) in [6, 6.07) is 8.99. The molecule has 6 nitrogen and oxygen atoms in total. The maximum atomic E-state index is 12.2. The van der Waals surface area contributed by atoms with Crippen LogP contribution in [0.2, 0.25) is 0 Å². The Morgan fingerprint density at radius 3 is 2.83 bits per heavy atom. The summed E-state index contributed by atoms with van der Waals surface area (Å²) in [5.41, 5.74) is 2.71. The van der Waals surface area contributed by atoms with Gasteiger partial charge in [0, 0.05) is 43.4 Å². The van der Waals surface area contributed by atoms with Crippen LogP contribution in [0.5, 0.6) is 0 Å². The van der Waals surface area contributed by atoms with E-state index in [9.17, 15) is 9.59 Å². The second-order valence-corrected chi connectivity index (χ2v) is 5.04. The fourth-order valence-corrected chi connectivity index (χ4v) is 2.13. The van der Waals surface area contributed by atoms with E-state index in [0.717, 1.165) is 17.3 Å². The Kier molecular flexibility index (Phi) is 6.22. The summed E-state index contributed by atoms with van der Waals surface area (Å²) >= 11 is 0. The number of nitrogens with zero attached hydrogens (tertiary/aromatic N) is 1. The molecule has 0 saturated carbocycles. The Bertz CT molecular complexity index is 742. The molecule has 0 aliphatic carbocycles. The lowest BCUT2D eigenvalue weighted by Crippen LogP contribution is -2.10. The van der Waals surface area contributed by atoms with Crippen molar-refractivity contribution in [3.8, 4) is 0 Å². The van der Waals surface area contributed by atoms with E-state index in [1.54, 1.807) is 30.6 Å². The summed E-state index contributed by atoms with van der Waals surface area (Å²) in [6.45, 7) is 0.496. The largest absolute Gasteiger partial charge is 0.478 e. The first kappa shape index (κ1) is 17.4. The van der Waals surface area contributed by atoms with E-state index < -0.39 is 5.97 Å². The van der Waals surface area contributed by atoms with Crippen molar-refractivity contribution in [3.63, 3.8) is 0 Å². The van der Waals surface area contributed by atoms with Gasteiger partial charge in [-0.1, -0.05) is 12.1 Å². The van der Waals surface area contributed by atoms with E-state index in [-0.39, 0.29) is 12.4 Å². The van der Waals surface area contributed by atoms with Crippen molar-refractivity contribution in [2.24, 2.45) is 0 Å². The third kappa shape index (κ3) is 5.03. The monoisotopic (exact) mass is 326 g/mol. The number of ketones is 1. The van der Waals surface area contributed by atoms with Crippen molar-refractivity contribution in [2.45, 2.75) is 6.54 Å². The van der Waals surface area contributed by atoms with E-state index in [1.165, 1.54) is 13.2 Å². The van der Waals surface area contributed by atoms with Crippen LogP contribution < -0.4 is 5.32 Å². The summed E-state index contributed by atoms with van der Waals surface area (Å²) in [6.07, 6.45) is 5.86. The van der Waals surface area contributed by atoms with Gasteiger partial charge in [0.2, 0.25) is 0 Å². The standard InChI is InChI=1S/C18H18N2O4/c1-24-12-17(21)16-9-15(6-4-14(16)5-7-18(22)23)20-11-13-3-2-8-19-10-13/h2-10,20H,11-12H2,1H3,(H,22,23). The van der Waals surface area contributed by atoms with Gasteiger partial charge in [-0.15, -0.1) is 0 Å². The molecule has 0 spiro atoms. The molecule has 0 fully saturated rings. The molecule has 1 heterocycles. The molecule has 2 N–H and O–H groups in total. The minimum absolute atomic E-state index is 0.0695. The van der Waals surface area contributed by atoms with E-state index in [1.807, 2.05) is 12.1 Å². The van der Waals surface area contributed by atoms with Crippen LogP contribution in [0, 0.1) is 0 Å². The maximum absolute atomic E-state index is 12.2. The van der Waals surface area contributed by atoms with E-state index in [0.29, 0.717) is 17.7 Å². The predicted octanol–water partition coefficient (Wildman–Crippen LogP) is 2.62. The second-order valence-electron chi connectivity index (χ2n) is 5.04. The molecule has 2 aromatic rings. The van der Waals surface area contributed by atoms with Gasteiger partial charge in [-0.05, 0) is 35.4 Å². The highest BCUT2D eigenvalue weighted by Gasteiger charge is 2.11. The molecule has 0 aliphatic heterocycles. The minimum Gasteiger partial charge on any atom is -0.478 e. The highest BCUT2D eigenvalue weighted by molar-refractivity contribution is 6.02. The molecule has 0 unspecified atom stereocenters. The van der Waals surface area contributed by atoms with Crippen molar-refractivity contribution in [1.82, 2.24) is 4.98 Å². The summed E-state index contributed by atoms with van der Waals surface area (Å²) in [4.78, 5) is 26.9. The van der Waals surface area contributed by atoms with Crippen molar-refractivity contribution >= 4 is 23.5 Å². The summed E-state index contributed by atoms with van der Waals surface area (Å²) < 4.78 is 4.89. The number of nitrogens with one attached hydrogen (secondary N) is 1. The van der Waals surface area contributed by atoms with Gasteiger partial charge in [-0.25, -0.2) is 4.79 Å². The Labute approximate surface area is 139 Å². The molecule has 0 amide bonds. The molecule has 124 valence electrons. The lowest BCUT2D eigenvalue weighted by Gasteiger charge is -2.10. The number of rotatable bonds is 8. The summed E-state index contributed by atoms with van der Waals surface area (Å²) in [5.74, 6) is -1.29. The van der Waals surface area contributed by atoms with Gasteiger partial charge >= 0.3 is 5.97 Å². The fourth-order valence-electron chi connectivity index (χ4n) is 2.13. The van der Waals surface area contributed by atoms with Crippen LogP contribution in [0.4, 0.5) is 5.69 Å². The SMILES string of the molecule is COCC(=O)c1cc(NCc2cccnc2)ccc1C=CC(=O)O. The number of aromatic nitrogens is 1. The number of carboxylic acid groups (broad SMARTS) is 1. The second kappa shape index (κ2) is 8.59. The third-order valence-electron chi connectivity index (χ3n) is 3.25. The highest BCUT2D eigenvalue weighted by atomic mass is 16.5. The van der Waals surface area contributed by atoms with E-state index >= 15 is 0 Å². The van der Waals surface area contributed by atoms with Gasteiger partial charge < -0.3 is 15.2 Å². The number of hydrogen-bond acceptors (Lipinski definition) is 5. The summed E-state index contributed by atoms with van der Waals surface area (Å²) in [5, 5.41) is 12.0. The first-order valence-corrected chi connectivity index (χ1v) is 7.30. The lowest BCUT2D eigenvalue weighted by molar-refractivity contribution is -0.131. The van der Waals surface area contributed by atoms with Crippen LogP contribution in [0.15, 0.2) is 48.8 Å². The average molecular weight is 326 g/mol. The number of hydrogen-bond donors (Lipinski definition) is 2. The summed E-state index contributed by atoms with van der Waals surface area (Å²) in [7, 11) is 1.44. The number of ether oxygens (including phenoxy) is 1. The Hall–Kier alpha value is -2.99. The number of carboxylic acids is 1. The van der Waals surface area contributed by atoms with E-state index in [4.69, 9.17) is 9.84 Å². The first-order chi connectivity index (χ1) is 11.6. The molecule has 0 radical (unpaired) electrons. The van der Waals surface area contributed by atoms with Crippen molar-refractivity contribution in [1.29, 1.82) is 0 Å². The molecule has 0 atom stereocenters. The van der Waals surface area contributed by atoms with Gasteiger partial charge in [-0.2, -0.15) is 0 Å². The number of carbonyl (C=O) groups excluding carboxylic acids is 1. The quantitative estimate of drug-likeness (QED) is 0.573. The Morgan fingerprint density at radius 2 is 2.17 bits per heavy atom. The predicted molar refractivity (Wildman–Crippen MR) is 90.9 cm³/mol. The molecule has 0 saturated heterocycles. The smallest absolute Gasteiger partial charge is 0.328 e. The van der Waals surface area contributed by atoms with Gasteiger partial charge in [0.05, 0.1) is 0 Å². The number of carbonyl (C=O) groups is 2. The molecule has 24 heavy (non-hydrogen) atoms. The molecular weight excluding hydrogens is 308 g/mol. The van der Waals surface area contributed by atoms with E-state index in [2.05, 4.69) is 10.3 Å². The van der Waals surface area contributed by atoms with Crippen LogP contribution in [0.25, 0.3) is 6.08 Å². The minimum atomic E-state index is -1.07. The van der Waals surface area contributed by atoms with Crippen LogP contribution in [-0.2, 0) is 16.1 Å². The molecule has 0 aliphatic rings. The van der Waals surface area contributed by atoms with Crippen LogP contribution in [0.3, 0.4) is 0 Å². The first-order valence-electron chi connectivity index (χ1n) is 7.30. The van der Waals surface area contributed by atoms with Gasteiger partial charge in [0.15, 0.2) is 5.78 Å². The fraction of sp³-hybridized carbons (Fsp3) is 0.167. The van der Waals surface area contributed by atoms with Gasteiger partial charge in [0.1, 0.15) is 6.61 Å². The zero-order chi connectivity index (χ0) is 17.4. The number of methoxy groups -OCH3 is 1. The molecule has 0 bridgehead atoms. The normalized spacial score (nSPS) is 10.7. The maximum Gasteiger partial charge on any atom is 0.328 e. The molecule has 2 rings (SSSR count). The lowest BCUT2D eigenvalue weighted by atomic mass is 10.0. The molecular formula is C18H18N2O4. The molecule has 1 aromatic carbocycles. The Balaban J connectivity index is 2.22.